The van der Waals surface area contributed by atoms with Crippen molar-refractivity contribution in [2.75, 3.05) is 11.9 Å². The van der Waals surface area contributed by atoms with E-state index in [2.05, 4.69) is 10.6 Å². The number of ether oxygens (including phenoxy) is 1. The van der Waals surface area contributed by atoms with Crippen LogP contribution in [0, 0.1) is 17.0 Å². The molecule has 5 rings (SSSR count). The van der Waals surface area contributed by atoms with Crippen LogP contribution in [0.3, 0.4) is 0 Å². The van der Waals surface area contributed by atoms with E-state index < -0.39 is 22.6 Å². The van der Waals surface area contributed by atoms with Crippen LogP contribution in [-0.4, -0.2) is 24.0 Å². The highest BCUT2D eigenvalue weighted by atomic mass is 35.5. The summed E-state index contributed by atoms with van der Waals surface area (Å²) < 4.78 is 32.3. The highest BCUT2D eigenvalue weighted by Crippen LogP contribution is 2.67. The molecule has 0 spiro atoms. The number of nitrogens with one attached hydrogen (secondary N) is 2. The third kappa shape index (κ3) is 3.30. The van der Waals surface area contributed by atoms with Gasteiger partial charge in [0.1, 0.15) is 17.4 Å². The molecule has 146 valence electrons. The summed E-state index contributed by atoms with van der Waals surface area (Å²) in [4.78, 5) is 24.5. The summed E-state index contributed by atoms with van der Waals surface area (Å²) in [6.45, 7) is -0.267. The van der Waals surface area contributed by atoms with Gasteiger partial charge in [0.2, 0.25) is 5.91 Å². The zero-order valence-electron chi connectivity index (χ0n) is 14.7. The van der Waals surface area contributed by atoms with Gasteiger partial charge in [-0.3, -0.25) is 9.59 Å². The third-order valence-electron chi connectivity index (χ3n) is 5.30. The molecule has 2 N–H and O–H groups in total. The number of halogens is 3. The molecule has 3 saturated carbocycles. The molecule has 2 bridgehead atoms. The largest absolute Gasteiger partial charge is 0.484 e. The molecule has 28 heavy (non-hydrogen) atoms. The minimum atomic E-state index is -0.623. The topological polar surface area (TPSA) is 67.4 Å². The molecule has 0 heterocycles. The van der Waals surface area contributed by atoms with Gasteiger partial charge in [0.05, 0.1) is 16.1 Å². The van der Waals surface area contributed by atoms with E-state index in [9.17, 15) is 18.4 Å². The van der Waals surface area contributed by atoms with Crippen molar-refractivity contribution in [3.8, 4) is 5.75 Å². The van der Waals surface area contributed by atoms with Gasteiger partial charge < -0.3 is 15.4 Å². The van der Waals surface area contributed by atoms with Crippen LogP contribution in [0.1, 0.15) is 19.3 Å². The normalized spacial score (nSPS) is 24.5. The molecule has 8 heteroatoms. The summed E-state index contributed by atoms with van der Waals surface area (Å²) in [5.74, 6) is -1.49. The lowest BCUT2D eigenvalue weighted by atomic mass is 9.39. The first-order valence-corrected chi connectivity index (χ1v) is 9.14. The minimum Gasteiger partial charge on any atom is -0.484 e. The number of anilines is 1. The predicted octanol–water partition coefficient (Wildman–Crippen LogP) is 3.67. The number of hydrogen-bond donors (Lipinski definition) is 2. The Kier molecular flexibility index (Phi) is 4.50. The Balaban J connectivity index is 1.26. The summed E-state index contributed by atoms with van der Waals surface area (Å²) in [7, 11) is 0. The number of hydrogen-bond acceptors (Lipinski definition) is 3. The van der Waals surface area contributed by atoms with Crippen molar-refractivity contribution < 1.29 is 23.1 Å². The Morgan fingerprint density at radius 1 is 1.07 bits per heavy atom. The maximum atomic E-state index is 13.7. The van der Waals surface area contributed by atoms with E-state index in [4.69, 9.17) is 16.3 Å². The van der Waals surface area contributed by atoms with Gasteiger partial charge >= 0.3 is 0 Å². The van der Waals surface area contributed by atoms with Crippen LogP contribution >= 0.6 is 11.6 Å². The molecule has 2 aromatic rings. The number of rotatable bonds is 6. The Bertz CT molecular complexity index is 946. The van der Waals surface area contributed by atoms with Crippen molar-refractivity contribution in [3.05, 3.63) is 59.1 Å². The smallest absolute Gasteiger partial charge is 0.258 e. The molecule has 0 unspecified atom stereocenters. The van der Waals surface area contributed by atoms with Gasteiger partial charge in [-0.05, 0) is 43.5 Å². The Morgan fingerprint density at radius 3 is 2.46 bits per heavy atom. The van der Waals surface area contributed by atoms with Gasteiger partial charge in [-0.25, -0.2) is 8.78 Å². The first-order chi connectivity index (χ1) is 13.3. The second-order valence-electron chi connectivity index (χ2n) is 7.44. The van der Waals surface area contributed by atoms with Crippen LogP contribution in [0.4, 0.5) is 14.5 Å². The molecule has 5 nitrogen and oxygen atoms in total. The van der Waals surface area contributed by atoms with E-state index in [1.165, 1.54) is 24.3 Å². The summed E-state index contributed by atoms with van der Waals surface area (Å²) in [6.07, 6.45) is 1.50. The van der Waals surface area contributed by atoms with Gasteiger partial charge in [0.15, 0.2) is 6.61 Å². The van der Waals surface area contributed by atoms with E-state index >= 15 is 0 Å². The van der Waals surface area contributed by atoms with E-state index in [0.717, 1.165) is 6.07 Å². The predicted molar refractivity (Wildman–Crippen MR) is 99.1 cm³/mol. The standard InChI is InChI=1S/C20H17ClF2N2O3/c21-13-6-5-12(7-15(13)23)28-8-17(26)25-20-9-19(10-20,11-20)18(27)24-16-4-2-1-3-14(16)22/h1-7H,8-11H2,(H,24,27)(H,25,26). The molecule has 3 fully saturated rings. The Labute approximate surface area is 165 Å². The van der Waals surface area contributed by atoms with Gasteiger partial charge in [0, 0.05) is 11.6 Å². The number of para-hydroxylation sites is 1. The lowest BCUT2D eigenvalue weighted by Crippen LogP contribution is -2.78. The molecule has 0 aliphatic heterocycles. The fourth-order valence-electron chi connectivity index (χ4n) is 4.03. The van der Waals surface area contributed by atoms with Crippen LogP contribution in [0.25, 0.3) is 0 Å². The molecule has 0 radical (unpaired) electrons. The first kappa shape index (κ1) is 18.7. The van der Waals surface area contributed by atoms with Crippen molar-refractivity contribution in [1.82, 2.24) is 5.32 Å². The van der Waals surface area contributed by atoms with Crippen LogP contribution in [0.15, 0.2) is 42.5 Å². The quantitative estimate of drug-likeness (QED) is 0.769. The molecule has 3 aliphatic carbocycles. The number of amides is 2. The zero-order valence-corrected chi connectivity index (χ0v) is 15.5. The van der Waals surface area contributed by atoms with Crippen LogP contribution in [0.5, 0.6) is 5.75 Å². The molecular formula is C20H17ClF2N2O3. The molecule has 3 aliphatic rings. The van der Waals surface area contributed by atoms with Crippen LogP contribution in [0.2, 0.25) is 5.02 Å². The van der Waals surface area contributed by atoms with Gasteiger partial charge in [-0.1, -0.05) is 23.7 Å². The summed E-state index contributed by atoms with van der Waals surface area (Å²) in [5.41, 5.74) is -0.826. The number of benzene rings is 2. The molecule has 0 saturated heterocycles. The maximum Gasteiger partial charge on any atom is 0.258 e. The average molecular weight is 407 g/mol. The molecule has 0 aromatic heterocycles. The monoisotopic (exact) mass is 406 g/mol. The lowest BCUT2D eigenvalue weighted by Gasteiger charge is -2.69. The van der Waals surface area contributed by atoms with Crippen LogP contribution in [-0.2, 0) is 9.59 Å². The van der Waals surface area contributed by atoms with Crippen molar-refractivity contribution in [2.45, 2.75) is 24.8 Å². The van der Waals surface area contributed by atoms with Gasteiger partial charge in [-0.15, -0.1) is 0 Å². The lowest BCUT2D eigenvalue weighted by molar-refractivity contribution is -0.179. The van der Waals surface area contributed by atoms with Crippen molar-refractivity contribution in [3.63, 3.8) is 0 Å². The first-order valence-electron chi connectivity index (χ1n) is 8.76. The number of carbonyl (C=O) groups excluding carboxylic acids is 2. The second kappa shape index (κ2) is 6.74. The zero-order chi connectivity index (χ0) is 19.9. The Morgan fingerprint density at radius 2 is 1.79 bits per heavy atom. The molecular weight excluding hydrogens is 390 g/mol. The molecule has 2 aromatic carbocycles. The van der Waals surface area contributed by atoms with E-state index in [0.29, 0.717) is 19.3 Å². The van der Waals surface area contributed by atoms with Crippen molar-refractivity contribution in [2.24, 2.45) is 5.41 Å². The molecule has 0 atom stereocenters. The van der Waals surface area contributed by atoms with Crippen LogP contribution < -0.4 is 15.4 Å². The third-order valence-corrected chi connectivity index (χ3v) is 5.61. The van der Waals surface area contributed by atoms with Crippen molar-refractivity contribution in [1.29, 1.82) is 0 Å². The molecule has 2 amide bonds. The van der Waals surface area contributed by atoms with E-state index in [1.807, 2.05) is 0 Å². The SMILES string of the molecule is O=C(COc1ccc(Cl)c(F)c1)NC12CC(C(=O)Nc3ccccc3F)(C1)C2. The highest BCUT2D eigenvalue weighted by molar-refractivity contribution is 6.30. The van der Waals surface area contributed by atoms with E-state index in [-0.39, 0.29) is 34.9 Å². The summed E-state index contributed by atoms with van der Waals surface area (Å²) in [5, 5.41) is 5.47. The second-order valence-corrected chi connectivity index (χ2v) is 7.84. The van der Waals surface area contributed by atoms with Gasteiger partial charge in [-0.2, -0.15) is 0 Å². The summed E-state index contributed by atoms with van der Waals surface area (Å²) in [6, 6.07) is 9.93. The minimum absolute atomic E-state index is 0.0235. The van der Waals surface area contributed by atoms with Crippen molar-refractivity contribution >= 4 is 29.1 Å². The Hall–Kier alpha value is -2.67. The fourth-order valence-corrected chi connectivity index (χ4v) is 4.14. The maximum absolute atomic E-state index is 13.7. The number of carbonyl (C=O) groups is 2. The fraction of sp³-hybridized carbons (Fsp3) is 0.300. The van der Waals surface area contributed by atoms with E-state index in [1.54, 1.807) is 12.1 Å². The average Bonchev–Trinajstić information content (AvgIpc) is 2.59. The highest BCUT2D eigenvalue weighted by Gasteiger charge is 2.72. The summed E-state index contributed by atoms with van der Waals surface area (Å²) >= 11 is 5.60. The van der Waals surface area contributed by atoms with Gasteiger partial charge in [0.25, 0.3) is 5.91 Å².